The van der Waals surface area contributed by atoms with Crippen LogP contribution in [0, 0.1) is 6.92 Å². The summed E-state index contributed by atoms with van der Waals surface area (Å²) in [6.07, 6.45) is 6.08. The van der Waals surface area contributed by atoms with Crippen molar-refractivity contribution in [3.05, 3.63) is 83.1 Å². The van der Waals surface area contributed by atoms with Crippen LogP contribution in [0.1, 0.15) is 28.3 Å². The quantitative estimate of drug-likeness (QED) is 0.761. The van der Waals surface area contributed by atoms with E-state index in [1.807, 2.05) is 43.5 Å². The maximum atomic E-state index is 9.35. The molecule has 22 heavy (non-hydrogen) atoms. The number of allylic oxidation sites excluding steroid dienone is 2. The number of aliphatic hydroxyl groups is 1. The number of aliphatic hydroxyl groups excluding tert-OH is 1. The number of rotatable bonds is 3. The van der Waals surface area contributed by atoms with Crippen molar-refractivity contribution in [3.63, 3.8) is 0 Å². The second-order valence-electron chi connectivity index (χ2n) is 5.56. The van der Waals surface area contributed by atoms with Gasteiger partial charge >= 0.3 is 0 Å². The molecule has 1 atom stereocenters. The van der Waals surface area contributed by atoms with Crippen LogP contribution in [0.15, 0.2) is 60.8 Å². The zero-order valence-corrected chi connectivity index (χ0v) is 12.6. The Labute approximate surface area is 130 Å². The van der Waals surface area contributed by atoms with Crippen LogP contribution < -0.4 is 11.1 Å². The number of dihydropyridines is 1. The Balaban J connectivity index is 2.01. The minimum absolute atomic E-state index is 0.0520. The number of hydrogen-bond donors (Lipinski definition) is 3. The molecule has 1 aliphatic rings. The minimum Gasteiger partial charge on any atom is -0.399 e. The summed E-state index contributed by atoms with van der Waals surface area (Å²) in [7, 11) is 0. The summed E-state index contributed by atoms with van der Waals surface area (Å²) in [5, 5.41) is 12.8. The predicted molar refractivity (Wildman–Crippen MR) is 90.9 cm³/mol. The molecule has 4 N–H and O–H groups in total. The highest BCUT2D eigenvalue weighted by atomic mass is 16.3. The largest absolute Gasteiger partial charge is 0.399 e. The maximum Gasteiger partial charge on any atom is 0.0768 e. The second kappa shape index (κ2) is 6.08. The number of anilines is 1. The summed E-state index contributed by atoms with van der Waals surface area (Å²) in [5.74, 6) is 0. The number of aryl methyl sites for hydroxylation is 1. The van der Waals surface area contributed by atoms with Crippen molar-refractivity contribution in [2.45, 2.75) is 19.6 Å². The van der Waals surface area contributed by atoms with Gasteiger partial charge in [-0.1, -0.05) is 36.4 Å². The van der Waals surface area contributed by atoms with E-state index < -0.39 is 0 Å². The predicted octanol–water partition coefficient (Wildman–Crippen LogP) is 3.31. The first-order valence-electron chi connectivity index (χ1n) is 7.38. The standard InChI is InChI=1S/C19H20N2O/c1-13-10-15(7-8-18(13)20)17-6-3-9-21-19(17)16-5-2-4-14(11-16)12-22/h2-11,19,21-22H,12,20H2,1H3. The van der Waals surface area contributed by atoms with Gasteiger partial charge in [0, 0.05) is 5.69 Å². The van der Waals surface area contributed by atoms with Gasteiger partial charge in [0.05, 0.1) is 12.6 Å². The molecule has 0 spiro atoms. The number of nitrogens with one attached hydrogen (secondary N) is 1. The third-order valence-electron chi connectivity index (χ3n) is 4.02. The van der Waals surface area contributed by atoms with Crippen LogP contribution in [0.4, 0.5) is 5.69 Å². The van der Waals surface area contributed by atoms with Gasteiger partial charge in [-0.15, -0.1) is 0 Å². The van der Waals surface area contributed by atoms with Crippen molar-refractivity contribution >= 4 is 11.3 Å². The molecular weight excluding hydrogens is 272 g/mol. The van der Waals surface area contributed by atoms with Gasteiger partial charge < -0.3 is 16.2 Å². The molecule has 0 saturated heterocycles. The smallest absolute Gasteiger partial charge is 0.0768 e. The van der Waals surface area contributed by atoms with E-state index in [2.05, 4.69) is 29.6 Å². The van der Waals surface area contributed by atoms with Crippen molar-refractivity contribution in [2.24, 2.45) is 0 Å². The average Bonchev–Trinajstić information content (AvgIpc) is 2.57. The highest BCUT2D eigenvalue weighted by molar-refractivity contribution is 5.75. The van der Waals surface area contributed by atoms with Crippen LogP contribution >= 0.6 is 0 Å². The van der Waals surface area contributed by atoms with Crippen molar-refractivity contribution in [1.82, 2.24) is 5.32 Å². The van der Waals surface area contributed by atoms with Crippen LogP contribution in [-0.2, 0) is 6.61 Å². The molecule has 2 aromatic carbocycles. The number of hydrogen-bond acceptors (Lipinski definition) is 3. The molecule has 2 aromatic rings. The highest BCUT2D eigenvalue weighted by Gasteiger charge is 2.19. The summed E-state index contributed by atoms with van der Waals surface area (Å²) in [5.41, 5.74) is 12.2. The third-order valence-corrected chi connectivity index (χ3v) is 4.02. The molecule has 3 heteroatoms. The summed E-state index contributed by atoms with van der Waals surface area (Å²) in [6.45, 7) is 2.07. The summed E-state index contributed by atoms with van der Waals surface area (Å²) in [6, 6.07) is 14.2. The molecule has 0 bridgehead atoms. The van der Waals surface area contributed by atoms with E-state index in [0.29, 0.717) is 0 Å². The second-order valence-corrected chi connectivity index (χ2v) is 5.56. The molecule has 0 amide bonds. The van der Waals surface area contributed by atoms with Gasteiger partial charge in [0.25, 0.3) is 0 Å². The average molecular weight is 292 g/mol. The SMILES string of the molecule is Cc1cc(C2=CC=CNC2c2cccc(CO)c2)ccc1N. The Morgan fingerprint density at radius 2 is 2.05 bits per heavy atom. The molecule has 1 unspecified atom stereocenters. The summed E-state index contributed by atoms with van der Waals surface area (Å²) < 4.78 is 0. The molecule has 0 aliphatic carbocycles. The summed E-state index contributed by atoms with van der Waals surface area (Å²) in [4.78, 5) is 0. The van der Waals surface area contributed by atoms with Gasteiger partial charge in [-0.2, -0.15) is 0 Å². The zero-order chi connectivity index (χ0) is 15.5. The van der Waals surface area contributed by atoms with E-state index in [-0.39, 0.29) is 12.6 Å². The van der Waals surface area contributed by atoms with E-state index >= 15 is 0 Å². The fourth-order valence-electron chi connectivity index (χ4n) is 2.75. The lowest BCUT2D eigenvalue weighted by molar-refractivity contribution is 0.281. The van der Waals surface area contributed by atoms with Gasteiger partial charge in [-0.3, -0.25) is 0 Å². The zero-order valence-electron chi connectivity index (χ0n) is 12.6. The van der Waals surface area contributed by atoms with Crippen LogP contribution in [0.2, 0.25) is 0 Å². The lowest BCUT2D eigenvalue weighted by atomic mass is 9.89. The van der Waals surface area contributed by atoms with E-state index in [1.165, 1.54) is 5.57 Å². The molecule has 3 nitrogen and oxygen atoms in total. The van der Waals surface area contributed by atoms with E-state index in [4.69, 9.17) is 5.73 Å². The highest BCUT2D eigenvalue weighted by Crippen LogP contribution is 2.33. The van der Waals surface area contributed by atoms with Crippen molar-refractivity contribution < 1.29 is 5.11 Å². The summed E-state index contributed by atoms with van der Waals surface area (Å²) >= 11 is 0. The lowest BCUT2D eigenvalue weighted by Gasteiger charge is -2.25. The van der Waals surface area contributed by atoms with Gasteiger partial charge in [0.2, 0.25) is 0 Å². The maximum absolute atomic E-state index is 9.35. The molecular formula is C19H20N2O. The topological polar surface area (TPSA) is 58.3 Å². The first-order valence-corrected chi connectivity index (χ1v) is 7.38. The fourth-order valence-corrected chi connectivity index (χ4v) is 2.75. The molecule has 0 saturated carbocycles. The van der Waals surface area contributed by atoms with Gasteiger partial charge in [0.15, 0.2) is 0 Å². The minimum atomic E-state index is 0.0520. The van der Waals surface area contributed by atoms with Gasteiger partial charge in [-0.05, 0) is 59.2 Å². The van der Waals surface area contributed by atoms with Crippen molar-refractivity contribution in [1.29, 1.82) is 0 Å². The monoisotopic (exact) mass is 292 g/mol. The third kappa shape index (κ3) is 2.76. The van der Waals surface area contributed by atoms with Crippen molar-refractivity contribution in [3.8, 4) is 0 Å². The molecule has 0 aromatic heterocycles. The number of nitrogen functional groups attached to an aromatic ring is 1. The fraction of sp³-hybridized carbons (Fsp3) is 0.158. The Hall–Kier alpha value is -2.52. The van der Waals surface area contributed by atoms with Crippen LogP contribution in [0.3, 0.4) is 0 Å². The molecule has 1 heterocycles. The van der Waals surface area contributed by atoms with Crippen LogP contribution in [-0.4, -0.2) is 5.11 Å². The number of nitrogens with two attached hydrogens (primary N) is 1. The molecule has 0 fully saturated rings. The number of benzene rings is 2. The first kappa shape index (κ1) is 14.4. The Kier molecular flexibility index (Phi) is 3.98. The molecule has 3 rings (SSSR count). The Bertz CT molecular complexity index is 747. The Morgan fingerprint density at radius 3 is 2.82 bits per heavy atom. The first-order chi connectivity index (χ1) is 10.7. The van der Waals surface area contributed by atoms with E-state index in [0.717, 1.165) is 27.9 Å². The van der Waals surface area contributed by atoms with Crippen molar-refractivity contribution in [2.75, 3.05) is 5.73 Å². The van der Waals surface area contributed by atoms with E-state index in [9.17, 15) is 5.11 Å². The van der Waals surface area contributed by atoms with Gasteiger partial charge in [-0.25, -0.2) is 0 Å². The van der Waals surface area contributed by atoms with E-state index in [1.54, 1.807) is 0 Å². The Morgan fingerprint density at radius 1 is 1.18 bits per heavy atom. The van der Waals surface area contributed by atoms with Gasteiger partial charge in [0.1, 0.15) is 0 Å². The van der Waals surface area contributed by atoms with Crippen LogP contribution in [0.5, 0.6) is 0 Å². The molecule has 0 radical (unpaired) electrons. The van der Waals surface area contributed by atoms with Crippen LogP contribution in [0.25, 0.3) is 5.57 Å². The molecule has 1 aliphatic heterocycles. The normalized spacial score (nSPS) is 17.0. The lowest BCUT2D eigenvalue weighted by Crippen LogP contribution is -2.19. The molecule has 112 valence electrons.